The molecule has 0 amide bonds. The van der Waals surface area contributed by atoms with Gasteiger partial charge in [-0.25, -0.2) is 4.39 Å². The summed E-state index contributed by atoms with van der Waals surface area (Å²) in [6.07, 6.45) is 0.610. The summed E-state index contributed by atoms with van der Waals surface area (Å²) in [6, 6.07) is 10.3. The summed E-state index contributed by atoms with van der Waals surface area (Å²) in [5.74, 6) is -0.466. The zero-order valence-corrected chi connectivity index (χ0v) is 10.9. The molecule has 1 nitrogen and oxygen atoms in total. The van der Waals surface area contributed by atoms with Crippen LogP contribution in [0.1, 0.15) is 10.4 Å². The van der Waals surface area contributed by atoms with E-state index in [9.17, 15) is 9.18 Å². The predicted octanol–water partition coefficient (Wildman–Crippen LogP) is 4.72. The second-order valence-corrected chi connectivity index (χ2v) is 4.67. The Morgan fingerprint density at radius 2 is 1.88 bits per heavy atom. The van der Waals surface area contributed by atoms with Crippen LogP contribution in [-0.4, -0.2) is 6.29 Å². The lowest BCUT2D eigenvalue weighted by Gasteiger charge is -2.09. The van der Waals surface area contributed by atoms with E-state index in [0.717, 1.165) is 0 Å². The number of hydrogen-bond acceptors (Lipinski definition) is 1. The number of benzene rings is 2. The Balaban J connectivity index is 2.77. The van der Waals surface area contributed by atoms with Crippen LogP contribution in [-0.2, 0) is 0 Å². The molecule has 0 saturated carbocycles. The minimum Gasteiger partial charge on any atom is -0.298 e. The second kappa shape index (κ2) is 4.98. The van der Waals surface area contributed by atoms with Crippen molar-refractivity contribution in [1.29, 1.82) is 0 Å². The number of aldehydes is 1. The zero-order chi connectivity index (χ0) is 12.4. The van der Waals surface area contributed by atoms with Crippen molar-refractivity contribution in [3.63, 3.8) is 0 Å². The van der Waals surface area contributed by atoms with E-state index in [4.69, 9.17) is 11.6 Å². The standard InChI is InChI=1S/C13H7BrClFO/c14-10-6-9(7-17)12(15)11(13(10)16)8-4-2-1-3-5-8/h1-7H. The normalized spacial score (nSPS) is 10.3. The van der Waals surface area contributed by atoms with Crippen molar-refractivity contribution in [2.75, 3.05) is 0 Å². The molecule has 0 aliphatic rings. The third-order valence-electron chi connectivity index (χ3n) is 2.37. The molecule has 0 heterocycles. The molecule has 0 bridgehead atoms. The van der Waals surface area contributed by atoms with Crippen LogP contribution in [0.5, 0.6) is 0 Å². The Bertz CT molecular complexity index is 569. The SMILES string of the molecule is O=Cc1cc(Br)c(F)c(-c2ccccc2)c1Cl. The Kier molecular flexibility index (Phi) is 3.60. The van der Waals surface area contributed by atoms with Gasteiger partial charge >= 0.3 is 0 Å². The van der Waals surface area contributed by atoms with Gasteiger partial charge in [0.2, 0.25) is 0 Å². The third-order valence-corrected chi connectivity index (χ3v) is 3.36. The van der Waals surface area contributed by atoms with Gasteiger partial charge in [0.15, 0.2) is 6.29 Å². The second-order valence-electron chi connectivity index (χ2n) is 3.43. The first-order valence-corrected chi connectivity index (χ1v) is 6.00. The van der Waals surface area contributed by atoms with Gasteiger partial charge in [-0.3, -0.25) is 4.79 Å². The van der Waals surface area contributed by atoms with Crippen LogP contribution >= 0.6 is 27.5 Å². The molecule has 0 atom stereocenters. The van der Waals surface area contributed by atoms with E-state index in [1.54, 1.807) is 24.3 Å². The Hall–Kier alpha value is -1.19. The minimum atomic E-state index is -0.466. The van der Waals surface area contributed by atoms with Gasteiger partial charge in [0.25, 0.3) is 0 Å². The highest BCUT2D eigenvalue weighted by Gasteiger charge is 2.16. The summed E-state index contributed by atoms with van der Waals surface area (Å²) in [4.78, 5) is 10.8. The van der Waals surface area contributed by atoms with Crippen LogP contribution in [0.15, 0.2) is 40.9 Å². The fraction of sp³-hybridized carbons (Fsp3) is 0. The van der Waals surface area contributed by atoms with Crippen LogP contribution < -0.4 is 0 Å². The molecule has 0 radical (unpaired) electrons. The number of halogens is 3. The van der Waals surface area contributed by atoms with Crippen LogP contribution in [0.4, 0.5) is 4.39 Å². The first-order chi connectivity index (χ1) is 8.15. The molecule has 0 unspecified atom stereocenters. The maximum Gasteiger partial charge on any atom is 0.151 e. The van der Waals surface area contributed by atoms with Crippen molar-refractivity contribution in [2.24, 2.45) is 0 Å². The number of carbonyl (C=O) groups is 1. The summed E-state index contributed by atoms with van der Waals surface area (Å²) in [6.45, 7) is 0. The molecular weight excluding hydrogens is 306 g/mol. The summed E-state index contributed by atoms with van der Waals surface area (Å²) >= 11 is 9.11. The molecule has 0 saturated heterocycles. The lowest BCUT2D eigenvalue weighted by atomic mass is 10.0. The molecular formula is C13H7BrClFO. The molecule has 2 aromatic carbocycles. The third kappa shape index (κ3) is 2.26. The Morgan fingerprint density at radius 1 is 1.24 bits per heavy atom. The maximum atomic E-state index is 14.0. The molecule has 2 rings (SSSR count). The number of carbonyl (C=O) groups excluding carboxylic acids is 1. The highest BCUT2D eigenvalue weighted by molar-refractivity contribution is 9.10. The van der Waals surface area contributed by atoms with Crippen LogP contribution in [0.25, 0.3) is 11.1 Å². The van der Waals surface area contributed by atoms with Gasteiger partial charge in [0.1, 0.15) is 5.82 Å². The Morgan fingerprint density at radius 3 is 2.47 bits per heavy atom. The van der Waals surface area contributed by atoms with Crippen molar-refractivity contribution >= 4 is 33.8 Å². The van der Waals surface area contributed by atoms with E-state index >= 15 is 0 Å². The van der Waals surface area contributed by atoms with Gasteiger partial charge in [0, 0.05) is 11.1 Å². The molecule has 0 aliphatic carbocycles. The van der Waals surface area contributed by atoms with Gasteiger partial charge in [-0.1, -0.05) is 41.9 Å². The van der Waals surface area contributed by atoms with Gasteiger partial charge in [-0.05, 0) is 27.6 Å². The maximum absolute atomic E-state index is 14.0. The fourth-order valence-corrected chi connectivity index (χ4v) is 2.30. The average molecular weight is 314 g/mol. The van der Waals surface area contributed by atoms with E-state index < -0.39 is 5.82 Å². The van der Waals surface area contributed by atoms with Crippen LogP contribution in [0, 0.1) is 5.82 Å². The largest absolute Gasteiger partial charge is 0.298 e. The first-order valence-electron chi connectivity index (χ1n) is 4.83. The summed E-state index contributed by atoms with van der Waals surface area (Å²) in [5.41, 5.74) is 1.14. The van der Waals surface area contributed by atoms with Gasteiger partial charge in [0.05, 0.1) is 9.50 Å². The van der Waals surface area contributed by atoms with Crippen molar-refractivity contribution in [1.82, 2.24) is 0 Å². The van der Waals surface area contributed by atoms with E-state index in [1.165, 1.54) is 6.07 Å². The van der Waals surface area contributed by atoms with Crippen molar-refractivity contribution in [3.05, 3.63) is 57.3 Å². The quantitative estimate of drug-likeness (QED) is 0.579. The van der Waals surface area contributed by atoms with Gasteiger partial charge < -0.3 is 0 Å². The van der Waals surface area contributed by atoms with Crippen LogP contribution in [0.2, 0.25) is 5.02 Å². The lowest BCUT2D eigenvalue weighted by molar-refractivity contribution is 0.112. The topological polar surface area (TPSA) is 17.1 Å². The van der Waals surface area contributed by atoms with Crippen molar-refractivity contribution in [3.8, 4) is 11.1 Å². The molecule has 0 aliphatic heterocycles. The van der Waals surface area contributed by atoms with Gasteiger partial charge in [-0.2, -0.15) is 0 Å². The van der Waals surface area contributed by atoms with Gasteiger partial charge in [-0.15, -0.1) is 0 Å². The molecule has 0 spiro atoms. The average Bonchev–Trinajstić information content (AvgIpc) is 2.35. The Labute approximate surface area is 111 Å². The molecule has 0 aromatic heterocycles. The number of rotatable bonds is 2. The monoisotopic (exact) mass is 312 g/mol. The van der Waals surface area contributed by atoms with Crippen LogP contribution in [0.3, 0.4) is 0 Å². The summed E-state index contributed by atoms with van der Waals surface area (Å²) in [7, 11) is 0. The van der Waals surface area contributed by atoms with E-state index in [0.29, 0.717) is 11.8 Å². The number of hydrogen-bond donors (Lipinski definition) is 0. The first kappa shape index (κ1) is 12.3. The highest BCUT2D eigenvalue weighted by Crippen LogP contribution is 2.36. The molecule has 0 fully saturated rings. The molecule has 4 heteroatoms. The lowest BCUT2D eigenvalue weighted by Crippen LogP contribution is -1.93. The summed E-state index contributed by atoms with van der Waals surface area (Å²) < 4.78 is 14.2. The van der Waals surface area contributed by atoms with E-state index in [1.807, 2.05) is 6.07 Å². The highest BCUT2D eigenvalue weighted by atomic mass is 79.9. The van der Waals surface area contributed by atoms with E-state index in [-0.39, 0.29) is 20.6 Å². The summed E-state index contributed by atoms with van der Waals surface area (Å²) in [5, 5.41) is 0.131. The van der Waals surface area contributed by atoms with Crippen molar-refractivity contribution < 1.29 is 9.18 Å². The smallest absolute Gasteiger partial charge is 0.151 e. The molecule has 0 N–H and O–H groups in total. The van der Waals surface area contributed by atoms with Crippen molar-refractivity contribution in [2.45, 2.75) is 0 Å². The minimum absolute atomic E-state index is 0.131. The molecule has 17 heavy (non-hydrogen) atoms. The molecule has 2 aromatic rings. The van der Waals surface area contributed by atoms with E-state index in [2.05, 4.69) is 15.9 Å². The fourth-order valence-electron chi connectivity index (χ4n) is 1.57. The predicted molar refractivity (Wildman–Crippen MR) is 69.9 cm³/mol. The molecule has 86 valence electrons. The zero-order valence-electron chi connectivity index (χ0n) is 8.58.